The van der Waals surface area contributed by atoms with Gasteiger partial charge >= 0.3 is 0 Å². The van der Waals surface area contributed by atoms with Gasteiger partial charge in [0.15, 0.2) is 5.82 Å². The summed E-state index contributed by atoms with van der Waals surface area (Å²) in [6, 6.07) is 3.48. The molecule has 1 aromatic carbocycles. The fourth-order valence-electron chi connectivity index (χ4n) is 0.839. The second-order valence-corrected chi connectivity index (χ2v) is 3.42. The Morgan fingerprint density at radius 3 is 2.73 bits per heavy atom. The lowest BCUT2D eigenvalue weighted by molar-refractivity contribution is 0.619. The molecule has 0 bridgehead atoms. The first-order chi connectivity index (χ1) is 5.16. The van der Waals surface area contributed by atoms with Gasteiger partial charge in [-0.3, -0.25) is 0 Å². The molecule has 0 aliphatic carbocycles. The third-order valence-electron chi connectivity index (χ3n) is 1.50. The molecule has 0 aliphatic rings. The van der Waals surface area contributed by atoms with Crippen LogP contribution in [0.5, 0.6) is 0 Å². The Hall–Kier alpha value is -0.0800. The van der Waals surface area contributed by atoms with E-state index in [0.29, 0.717) is 4.47 Å². The maximum absolute atomic E-state index is 13.0. The highest BCUT2D eigenvalue weighted by molar-refractivity contribution is 9.10. The first kappa shape index (κ1) is 9.01. The molecule has 0 amide bonds. The van der Waals surface area contributed by atoms with Gasteiger partial charge in [0.2, 0.25) is 0 Å². The molecule has 0 atom stereocenters. The van der Waals surface area contributed by atoms with Crippen molar-refractivity contribution < 1.29 is 4.39 Å². The Labute approximate surface area is 78.5 Å². The average Bonchev–Trinajstić information content (AvgIpc) is 2.01. The molecule has 0 heterocycles. The molecule has 0 nitrogen and oxygen atoms in total. The minimum Gasteiger partial charge on any atom is -0.204 e. The number of benzene rings is 1. The fourth-order valence-corrected chi connectivity index (χ4v) is 1.58. The lowest BCUT2D eigenvalue weighted by Gasteiger charge is -2.02. The van der Waals surface area contributed by atoms with E-state index in [0.717, 1.165) is 12.0 Å². The third-order valence-corrected chi connectivity index (χ3v) is 2.52. The summed E-state index contributed by atoms with van der Waals surface area (Å²) in [6.07, 6.45) is 0.753. The summed E-state index contributed by atoms with van der Waals surface area (Å²) in [5.74, 6) is -0.369. The Bertz CT molecular complexity index is 273. The molecule has 0 aliphatic heterocycles. The zero-order valence-corrected chi connectivity index (χ0v) is 8.34. The molecule has 0 radical (unpaired) electrons. The second kappa shape index (κ2) is 3.55. The molecule has 0 saturated heterocycles. The van der Waals surface area contributed by atoms with Gasteiger partial charge in [0.1, 0.15) is 0 Å². The lowest BCUT2D eigenvalue weighted by atomic mass is 10.2. The van der Waals surface area contributed by atoms with Crippen LogP contribution in [-0.4, -0.2) is 0 Å². The summed E-state index contributed by atoms with van der Waals surface area (Å²) in [6.45, 7) is 1.94. The summed E-state index contributed by atoms with van der Waals surface area (Å²) < 4.78 is 13.4. The van der Waals surface area contributed by atoms with Crippen molar-refractivity contribution in [3.05, 3.63) is 33.0 Å². The van der Waals surface area contributed by atoms with Gasteiger partial charge in [-0.2, -0.15) is 0 Å². The van der Waals surface area contributed by atoms with Crippen LogP contribution in [-0.2, 0) is 6.42 Å². The van der Waals surface area contributed by atoms with E-state index in [1.165, 1.54) is 0 Å². The lowest BCUT2D eigenvalue weighted by Crippen LogP contribution is -1.87. The van der Waals surface area contributed by atoms with Crippen LogP contribution in [0.15, 0.2) is 16.6 Å². The molecular formula is C8H7BrClF. The van der Waals surface area contributed by atoms with Crippen LogP contribution < -0.4 is 0 Å². The summed E-state index contributed by atoms with van der Waals surface area (Å²) in [5, 5.41) is 0.224. The van der Waals surface area contributed by atoms with Crippen molar-refractivity contribution >= 4 is 27.5 Å². The van der Waals surface area contributed by atoms with Gasteiger partial charge in [-0.25, -0.2) is 4.39 Å². The van der Waals surface area contributed by atoms with E-state index >= 15 is 0 Å². The smallest absolute Gasteiger partial charge is 0.156 e. The SMILES string of the molecule is CCc1ccc(Br)c(F)c1Cl. The highest BCUT2D eigenvalue weighted by Gasteiger charge is 2.07. The van der Waals surface area contributed by atoms with Crippen molar-refractivity contribution in [3.63, 3.8) is 0 Å². The highest BCUT2D eigenvalue weighted by atomic mass is 79.9. The normalized spacial score (nSPS) is 10.2. The molecule has 60 valence electrons. The van der Waals surface area contributed by atoms with E-state index in [4.69, 9.17) is 11.6 Å². The van der Waals surface area contributed by atoms with Crippen LogP contribution in [0.3, 0.4) is 0 Å². The minimum absolute atomic E-state index is 0.224. The Morgan fingerprint density at radius 1 is 1.55 bits per heavy atom. The van der Waals surface area contributed by atoms with Gasteiger partial charge < -0.3 is 0 Å². The zero-order chi connectivity index (χ0) is 8.43. The van der Waals surface area contributed by atoms with Crippen molar-refractivity contribution in [3.8, 4) is 0 Å². The van der Waals surface area contributed by atoms with E-state index in [1.54, 1.807) is 6.07 Å². The molecule has 1 rings (SSSR count). The number of rotatable bonds is 1. The molecule has 0 spiro atoms. The third kappa shape index (κ3) is 1.74. The van der Waals surface area contributed by atoms with Crippen LogP contribution in [0.2, 0.25) is 5.02 Å². The van der Waals surface area contributed by atoms with Gasteiger partial charge in [-0.15, -0.1) is 0 Å². The molecule has 0 fully saturated rings. The van der Waals surface area contributed by atoms with E-state index in [9.17, 15) is 4.39 Å². The van der Waals surface area contributed by atoms with Crippen LogP contribution in [0.25, 0.3) is 0 Å². The van der Waals surface area contributed by atoms with Crippen LogP contribution in [0.4, 0.5) is 4.39 Å². The number of hydrogen-bond donors (Lipinski definition) is 0. The van der Waals surface area contributed by atoms with Crippen LogP contribution in [0.1, 0.15) is 12.5 Å². The van der Waals surface area contributed by atoms with Gasteiger partial charge in [-0.1, -0.05) is 24.6 Å². The molecule has 0 unspecified atom stereocenters. The number of halogens is 3. The first-order valence-corrected chi connectivity index (χ1v) is 4.46. The van der Waals surface area contributed by atoms with Crippen molar-refractivity contribution in [1.29, 1.82) is 0 Å². The quantitative estimate of drug-likeness (QED) is 0.652. The van der Waals surface area contributed by atoms with Gasteiger partial charge in [0, 0.05) is 0 Å². The summed E-state index contributed by atoms with van der Waals surface area (Å²) in [7, 11) is 0. The van der Waals surface area contributed by atoms with Gasteiger partial charge in [-0.05, 0) is 34.0 Å². The predicted molar refractivity (Wildman–Crippen MR) is 48.5 cm³/mol. The summed E-state index contributed by atoms with van der Waals surface area (Å²) >= 11 is 8.74. The Morgan fingerprint density at radius 2 is 2.18 bits per heavy atom. The first-order valence-electron chi connectivity index (χ1n) is 3.29. The summed E-state index contributed by atoms with van der Waals surface area (Å²) in [4.78, 5) is 0. The molecule has 0 aromatic heterocycles. The molecule has 1 aromatic rings. The van der Waals surface area contributed by atoms with Gasteiger partial charge in [0.25, 0.3) is 0 Å². The second-order valence-electron chi connectivity index (χ2n) is 2.19. The van der Waals surface area contributed by atoms with Gasteiger partial charge in [0.05, 0.1) is 9.50 Å². The molecular weight excluding hydrogens is 230 g/mol. The Kier molecular flexibility index (Phi) is 2.90. The van der Waals surface area contributed by atoms with Crippen molar-refractivity contribution in [2.75, 3.05) is 0 Å². The molecule has 3 heteroatoms. The highest BCUT2D eigenvalue weighted by Crippen LogP contribution is 2.26. The zero-order valence-electron chi connectivity index (χ0n) is 6.00. The fraction of sp³-hybridized carbons (Fsp3) is 0.250. The molecule has 0 saturated carbocycles. The molecule has 11 heavy (non-hydrogen) atoms. The van der Waals surface area contributed by atoms with E-state index < -0.39 is 0 Å². The van der Waals surface area contributed by atoms with E-state index in [1.807, 2.05) is 13.0 Å². The number of aryl methyl sites for hydroxylation is 1. The van der Waals surface area contributed by atoms with Crippen LogP contribution >= 0.6 is 27.5 Å². The van der Waals surface area contributed by atoms with E-state index in [2.05, 4.69) is 15.9 Å². The Balaban J connectivity index is 3.25. The maximum atomic E-state index is 13.0. The van der Waals surface area contributed by atoms with Crippen LogP contribution in [0, 0.1) is 5.82 Å². The van der Waals surface area contributed by atoms with Crippen molar-refractivity contribution in [1.82, 2.24) is 0 Å². The topological polar surface area (TPSA) is 0 Å². The summed E-state index contributed by atoms with van der Waals surface area (Å²) in [5.41, 5.74) is 0.840. The largest absolute Gasteiger partial charge is 0.204 e. The average molecular weight is 237 g/mol. The predicted octanol–water partition coefficient (Wildman–Crippen LogP) is 3.80. The maximum Gasteiger partial charge on any atom is 0.156 e. The van der Waals surface area contributed by atoms with E-state index in [-0.39, 0.29) is 10.8 Å². The standard InChI is InChI=1S/C8H7BrClF/c1-2-5-3-4-6(9)8(11)7(5)10/h3-4H,2H2,1H3. The monoisotopic (exact) mass is 236 g/mol. The van der Waals surface area contributed by atoms with Crippen molar-refractivity contribution in [2.24, 2.45) is 0 Å². The molecule has 0 N–H and O–H groups in total. The number of hydrogen-bond acceptors (Lipinski definition) is 0. The minimum atomic E-state index is -0.369. The van der Waals surface area contributed by atoms with Crippen molar-refractivity contribution in [2.45, 2.75) is 13.3 Å².